The molecule has 0 aromatic heterocycles. The SMILES string of the molecule is CC(OCC(O)CN1CCCC1)c1cc(F)ccc1CCC(=O)O. The quantitative estimate of drug-likeness (QED) is 0.723. The summed E-state index contributed by atoms with van der Waals surface area (Å²) in [5.41, 5.74) is 1.41. The second-order valence-corrected chi connectivity index (χ2v) is 6.37. The Bertz CT molecular complexity index is 546. The van der Waals surface area contributed by atoms with Crippen molar-refractivity contribution in [3.63, 3.8) is 0 Å². The van der Waals surface area contributed by atoms with Crippen molar-refractivity contribution >= 4 is 5.97 Å². The first-order chi connectivity index (χ1) is 11.5. The minimum Gasteiger partial charge on any atom is -0.481 e. The van der Waals surface area contributed by atoms with E-state index in [1.807, 2.05) is 0 Å². The lowest BCUT2D eigenvalue weighted by Gasteiger charge is -2.22. The molecule has 24 heavy (non-hydrogen) atoms. The summed E-state index contributed by atoms with van der Waals surface area (Å²) in [6.07, 6.45) is 1.66. The highest BCUT2D eigenvalue weighted by molar-refractivity contribution is 5.67. The molecular formula is C18H26FNO4. The molecule has 134 valence electrons. The summed E-state index contributed by atoms with van der Waals surface area (Å²) in [6, 6.07) is 4.32. The maximum atomic E-state index is 13.5. The van der Waals surface area contributed by atoms with E-state index in [9.17, 15) is 14.3 Å². The van der Waals surface area contributed by atoms with Crippen LogP contribution in [0.5, 0.6) is 0 Å². The van der Waals surface area contributed by atoms with Gasteiger partial charge in [-0.15, -0.1) is 0 Å². The lowest BCUT2D eigenvalue weighted by molar-refractivity contribution is -0.136. The zero-order valence-electron chi connectivity index (χ0n) is 14.1. The highest BCUT2D eigenvalue weighted by Crippen LogP contribution is 2.24. The molecule has 1 aromatic carbocycles. The van der Waals surface area contributed by atoms with Gasteiger partial charge in [-0.2, -0.15) is 0 Å². The van der Waals surface area contributed by atoms with Gasteiger partial charge >= 0.3 is 5.97 Å². The van der Waals surface area contributed by atoms with Gasteiger partial charge in [-0.25, -0.2) is 4.39 Å². The number of hydrogen-bond donors (Lipinski definition) is 2. The van der Waals surface area contributed by atoms with E-state index in [2.05, 4.69) is 4.90 Å². The molecular weight excluding hydrogens is 313 g/mol. The summed E-state index contributed by atoms with van der Waals surface area (Å²) in [6.45, 7) is 4.57. The third kappa shape index (κ3) is 5.85. The number of aliphatic hydroxyl groups excluding tert-OH is 1. The number of carbonyl (C=O) groups is 1. The van der Waals surface area contributed by atoms with Gasteiger partial charge in [0.15, 0.2) is 0 Å². The Balaban J connectivity index is 1.91. The van der Waals surface area contributed by atoms with Crippen LogP contribution in [-0.4, -0.2) is 53.4 Å². The number of likely N-dealkylation sites (tertiary alicyclic amines) is 1. The van der Waals surface area contributed by atoms with E-state index >= 15 is 0 Å². The Labute approximate surface area is 142 Å². The van der Waals surface area contributed by atoms with Crippen molar-refractivity contribution in [1.82, 2.24) is 4.90 Å². The number of hydrogen-bond acceptors (Lipinski definition) is 4. The van der Waals surface area contributed by atoms with Crippen LogP contribution < -0.4 is 0 Å². The van der Waals surface area contributed by atoms with E-state index in [-0.39, 0.29) is 18.8 Å². The molecule has 1 fully saturated rings. The molecule has 1 saturated heterocycles. The fraction of sp³-hybridized carbons (Fsp3) is 0.611. The highest BCUT2D eigenvalue weighted by atomic mass is 19.1. The zero-order valence-corrected chi connectivity index (χ0v) is 14.1. The molecule has 1 heterocycles. The van der Waals surface area contributed by atoms with Crippen LogP contribution in [0.15, 0.2) is 18.2 Å². The number of aliphatic hydroxyl groups is 1. The number of aliphatic carboxylic acids is 1. The first-order valence-electron chi connectivity index (χ1n) is 8.48. The number of nitrogens with zero attached hydrogens (tertiary/aromatic N) is 1. The van der Waals surface area contributed by atoms with Crippen molar-refractivity contribution in [2.75, 3.05) is 26.2 Å². The number of β-amino-alcohol motifs (C(OH)–C–C–N with tert-alkyl or cyclic N) is 1. The van der Waals surface area contributed by atoms with Gasteiger partial charge < -0.3 is 19.8 Å². The number of benzene rings is 1. The number of halogens is 1. The molecule has 1 aliphatic rings. The topological polar surface area (TPSA) is 70.0 Å². The zero-order chi connectivity index (χ0) is 17.5. The fourth-order valence-corrected chi connectivity index (χ4v) is 3.07. The Morgan fingerprint density at radius 2 is 2.08 bits per heavy atom. The summed E-state index contributed by atoms with van der Waals surface area (Å²) >= 11 is 0. The molecule has 2 atom stereocenters. The predicted octanol–water partition coefficient (Wildman–Crippen LogP) is 2.38. The van der Waals surface area contributed by atoms with Crippen molar-refractivity contribution in [3.8, 4) is 0 Å². The standard InChI is InChI=1S/C18H26FNO4/c1-13(24-12-16(21)11-20-8-2-3-9-20)17-10-15(19)6-4-14(17)5-7-18(22)23/h4,6,10,13,16,21H,2-3,5,7-9,11-12H2,1H3,(H,22,23). The number of carboxylic acid groups (broad SMARTS) is 1. The number of carboxylic acids is 1. The average Bonchev–Trinajstić information content (AvgIpc) is 3.04. The molecule has 2 unspecified atom stereocenters. The summed E-state index contributed by atoms with van der Waals surface area (Å²) in [4.78, 5) is 13.0. The molecule has 0 bridgehead atoms. The van der Waals surface area contributed by atoms with Gasteiger partial charge in [-0.1, -0.05) is 6.07 Å². The van der Waals surface area contributed by atoms with Crippen molar-refractivity contribution in [2.45, 2.75) is 44.8 Å². The molecule has 2 rings (SSSR count). The van der Waals surface area contributed by atoms with Crippen LogP contribution in [0, 0.1) is 5.82 Å². The van der Waals surface area contributed by atoms with E-state index in [1.54, 1.807) is 13.0 Å². The second kappa shape index (κ2) is 9.11. The smallest absolute Gasteiger partial charge is 0.303 e. The van der Waals surface area contributed by atoms with Crippen LogP contribution in [0.3, 0.4) is 0 Å². The predicted molar refractivity (Wildman–Crippen MR) is 88.4 cm³/mol. The normalized spacial score (nSPS) is 17.8. The molecule has 6 heteroatoms. The first-order valence-corrected chi connectivity index (χ1v) is 8.48. The van der Waals surface area contributed by atoms with Gasteiger partial charge in [0.05, 0.1) is 18.8 Å². The van der Waals surface area contributed by atoms with Crippen molar-refractivity contribution < 1.29 is 24.1 Å². The largest absolute Gasteiger partial charge is 0.481 e. The second-order valence-electron chi connectivity index (χ2n) is 6.37. The Kier molecular flexibility index (Phi) is 7.15. The third-order valence-corrected chi connectivity index (χ3v) is 4.36. The molecule has 0 amide bonds. The van der Waals surface area contributed by atoms with Crippen molar-refractivity contribution in [1.29, 1.82) is 0 Å². The van der Waals surface area contributed by atoms with Gasteiger partial charge in [0, 0.05) is 13.0 Å². The Morgan fingerprint density at radius 3 is 2.75 bits per heavy atom. The molecule has 0 spiro atoms. The number of rotatable bonds is 9. The summed E-state index contributed by atoms with van der Waals surface area (Å²) < 4.78 is 19.3. The summed E-state index contributed by atoms with van der Waals surface area (Å²) in [5.74, 6) is -1.27. The Hall–Kier alpha value is -1.50. The lowest BCUT2D eigenvalue weighted by Crippen LogP contribution is -2.33. The van der Waals surface area contributed by atoms with Gasteiger partial charge in [0.2, 0.25) is 0 Å². The van der Waals surface area contributed by atoms with Gasteiger partial charge in [-0.3, -0.25) is 4.79 Å². The van der Waals surface area contributed by atoms with Crippen LogP contribution in [0.25, 0.3) is 0 Å². The minimum atomic E-state index is -0.889. The highest BCUT2D eigenvalue weighted by Gasteiger charge is 2.18. The molecule has 1 aromatic rings. The average molecular weight is 339 g/mol. The minimum absolute atomic E-state index is 0.0110. The Morgan fingerprint density at radius 1 is 1.38 bits per heavy atom. The van der Waals surface area contributed by atoms with E-state index < -0.39 is 18.2 Å². The van der Waals surface area contributed by atoms with E-state index in [4.69, 9.17) is 9.84 Å². The molecule has 0 aliphatic carbocycles. The van der Waals surface area contributed by atoms with Gasteiger partial charge in [0.1, 0.15) is 5.82 Å². The monoisotopic (exact) mass is 339 g/mol. The molecule has 2 N–H and O–H groups in total. The number of ether oxygens (including phenoxy) is 1. The lowest BCUT2D eigenvalue weighted by atomic mass is 9.99. The van der Waals surface area contributed by atoms with Crippen LogP contribution in [0.4, 0.5) is 4.39 Å². The molecule has 1 aliphatic heterocycles. The first kappa shape index (κ1) is 18.8. The molecule has 0 radical (unpaired) electrons. The van der Waals surface area contributed by atoms with Crippen molar-refractivity contribution in [3.05, 3.63) is 35.1 Å². The van der Waals surface area contributed by atoms with E-state index in [1.165, 1.54) is 25.0 Å². The molecule has 0 saturated carbocycles. The third-order valence-electron chi connectivity index (χ3n) is 4.36. The maximum Gasteiger partial charge on any atom is 0.303 e. The van der Waals surface area contributed by atoms with E-state index in [0.29, 0.717) is 18.5 Å². The van der Waals surface area contributed by atoms with E-state index in [0.717, 1.165) is 18.7 Å². The summed E-state index contributed by atoms with van der Waals surface area (Å²) in [7, 11) is 0. The van der Waals surface area contributed by atoms with Crippen LogP contribution >= 0.6 is 0 Å². The van der Waals surface area contributed by atoms with Crippen LogP contribution in [0.1, 0.15) is 43.4 Å². The number of aryl methyl sites for hydroxylation is 1. The molecule has 5 nitrogen and oxygen atoms in total. The van der Waals surface area contributed by atoms with Crippen molar-refractivity contribution in [2.24, 2.45) is 0 Å². The maximum absolute atomic E-state index is 13.5. The van der Waals surface area contributed by atoms with Gasteiger partial charge in [0.25, 0.3) is 0 Å². The van der Waals surface area contributed by atoms with Gasteiger partial charge in [-0.05, 0) is 62.5 Å². The van der Waals surface area contributed by atoms with Crippen LogP contribution in [-0.2, 0) is 16.0 Å². The van der Waals surface area contributed by atoms with Crippen LogP contribution in [0.2, 0.25) is 0 Å². The fourth-order valence-electron chi connectivity index (χ4n) is 3.07. The summed E-state index contributed by atoms with van der Waals surface area (Å²) in [5, 5.41) is 18.9.